The summed E-state index contributed by atoms with van der Waals surface area (Å²) < 4.78 is 2.00. The SMILES string of the molecule is CCC(CC)n1nc(C)c(Cl)c1NC. The highest BCUT2D eigenvalue weighted by molar-refractivity contribution is 6.33. The molecule has 0 aromatic carbocycles. The Hall–Kier alpha value is -0.700. The predicted molar refractivity (Wildman–Crippen MR) is 61.1 cm³/mol. The van der Waals surface area contributed by atoms with Gasteiger partial charge >= 0.3 is 0 Å². The van der Waals surface area contributed by atoms with E-state index in [1.807, 2.05) is 18.7 Å². The van der Waals surface area contributed by atoms with E-state index in [0.29, 0.717) is 6.04 Å². The number of halogens is 1. The van der Waals surface area contributed by atoms with Crippen LogP contribution in [0.2, 0.25) is 5.02 Å². The van der Waals surface area contributed by atoms with Gasteiger partial charge in [-0.15, -0.1) is 0 Å². The molecule has 1 aromatic heterocycles. The molecule has 0 saturated carbocycles. The van der Waals surface area contributed by atoms with Crippen molar-refractivity contribution in [3.05, 3.63) is 10.7 Å². The molecule has 0 aliphatic carbocycles. The summed E-state index contributed by atoms with van der Waals surface area (Å²) in [6.07, 6.45) is 2.14. The molecule has 3 nitrogen and oxygen atoms in total. The highest BCUT2D eigenvalue weighted by atomic mass is 35.5. The van der Waals surface area contributed by atoms with Crippen LogP contribution in [-0.2, 0) is 0 Å². The van der Waals surface area contributed by atoms with Crippen molar-refractivity contribution < 1.29 is 0 Å². The minimum absolute atomic E-state index is 0.434. The topological polar surface area (TPSA) is 29.9 Å². The third-order valence-corrected chi connectivity index (χ3v) is 2.99. The first kappa shape index (κ1) is 11.4. The van der Waals surface area contributed by atoms with Crippen molar-refractivity contribution in [2.24, 2.45) is 0 Å². The summed E-state index contributed by atoms with van der Waals surface area (Å²) in [6.45, 7) is 6.26. The first-order valence-corrected chi connectivity index (χ1v) is 5.45. The fraction of sp³-hybridized carbons (Fsp3) is 0.700. The van der Waals surface area contributed by atoms with E-state index in [1.54, 1.807) is 0 Å². The first-order chi connectivity index (χ1) is 6.65. The molecular weight excluding hydrogens is 198 g/mol. The zero-order valence-corrected chi connectivity index (χ0v) is 10.0. The Bertz CT molecular complexity index is 303. The normalized spacial score (nSPS) is 11.0. The van der Waals surface area contributed by atoms with Crippen LogP contribution < -0.4 is 5.32 Å². The van der Waals surface area contributed by atoms with Crippen molar-refractivity contribution in [3.63, 3.8) is 0 Å². The Kier molecular flexibility index (Phi) is 3.81. The predicted octanol–water partition coefficient (Wildman–Crippen LogP) is 3.25. The fourth-order valence-corrected chi connectivity index (χ4v) is 1.87. The summed E-state index contributed by atoms with van der Waals surface area (Å²) in [5, 5.41) is 8.28. The number of rotatable bonds is 4. The van der Waals surface area contributed by atoms with Gasteiger partial charge in [-0.1, -0.05) is 25.4 Å². The van der Waals surface area contributed by atoms with Gasteiger partial charge in [-0.3, -0.25) is 0 Å². The van der Waals surface area contributed by atoms with Gasteiger partial charge in [0.15, 0.2) is 0 Å². The number of hydrogen-bond acceptors (Lipinski definition) is 2. The van der Waals surface area contributed by atoms with Crippen LogP contribution >= 0.6 is 11.6 Å². The molecule has 0 spiro atoms. The summed E-state index contributed by atoms with van der Waals surface area (Å²) in [5.74, 6) is 0.929. The van der Waals surface area contributed by atoms with Gasteiger partial charge in [-0.05, 0) is 19.8 Å². The van der Waals surface area contributed by atoms with E-state index in [1.165, 1.54) is 0 Å². The van der Waals surface area contributed by atoms with Crippen LogP contribution in [0.25, 0.3) is 0 Å². The Morgan fingerprint density at radius 1 is 1.43 bits per heavy atom. The minimum atomic E-state index is 0.434. The fourth-order valence-electron chi connectivity index (χ4n) is 1.65. The number of nitrogens with zero attached hydrogens (tertiary/aromatic N) is 2. The molecule has 0 bridgehead atoms. The Labute approximate surface area is 90.4 Å². The molecule has 1 N–H and O–H groups in total. The molecule has 0 atom stereocenters. The number of hydrogen-bond donors (Lipinski definition) is 1. The minimum Gasteiger partial charge on any atom is -0.372 e. The Morgan fingerprint density at radius 3 is 2.43 bits per heavy atom. The maximum Gasteiger partial charge on any atom is 0.143 e. The second-order valence-electron chi connectivity index (χ2n) is 3.41. The zero-order valence-electron chi connectivity index (χ0n) is 9.26. The molecule has 0 aliphatic rings. The second-order valence-corrected chi connectivity index (χ2v) is 3.79. The van der Waals surface area contributed by atoms with Gasteiger partial charge in [0.25, 0.3) is 0 Å². The van der Waals surface area contributed by atoms with Gasteiger partial charge in [0.2, 0.25) is 0 Å². The summed E-state index contributed by atoms with van der Waals surface area (Å²) in [7, 11) is 1.88. The quantitative estimate of drug-likeness (QED) is 0.836. The van der Waals surface area contributed by atoms with Crippen LogP contribution in [-0.4, -0.2) is 16.8 Å². The maximum atomic E-state index is 6.13. The highest BCUT2D eigenvalue weighted by Gasteiger charge is 2.16. The third-order valence-electron chi connectivity index (χ3n) is 2.54. The van der Waals surface area contributed by atoms with Crippen molar-refractivity contribution >= 4 is 17.4 Å². The summed E-state index contributed by atoms with van der Waals surface area (Å²) in [6, 6.07) is 0.434. The number of anilines is 1. The average molecular weight is 216 g/mol. The van der Waals surface area contributed by atoms with E-state index < -0.39 is 0 Å². The highest BCUT2D eigenvalue weighted by Crippen LogP contribution is 2.29. The van der Waals surface area contributed by atoms with E-state index in [-0.39, 0.29) is 0 Å². The number of aromatic nitrogens is 2. The van der Waals surface area contributed by atoms with Crippen molar-refractivity contribution in [3.8, 4) is 0 Å². The molecule has 14 heavy (non-hydrogen) atoms. The molecule has 0 unspecified atom stereocenters. The molecule has 0 saturated heterocycles. The van der Waals surface area contributed by atoms with Gasteiger partial charge in [0.05, 0.1) is 11.7 Å². The molecule has 4 heteroatoms. The standard InChI is InChI=1S/C10H18ClN3/c1-5-8(6-2)14-10(12-4)9(11)7(3)13-14/h8,12H,5-6H2,1-4H3. The van der Waals surface area contributed by atoms with Crippen molar-refractivity contribution in [1.82, 2.24) is 9.78 Å². The molecule has 1 rings (SSSR count). The Morgan fingerprint density at radius 2 is 2.00 bits per heavy atom. The van der Waals surface area contributed by atoms with E-state index >= 15 is 0 Å². The van der Waals surface area contributed by atoms with Gasteiger partial charge in [-0.2, -0.15) is 5.10 Å². The lowest BCUT2D eigenvalue weighted by Gasteiger charge is -2.16. The van der Waals surface area contributed by atoms with E-state index in [9.17, 15) is 0 Å². The molecular formula is C10H18ClN3. The summed E-state index contributed by atoms with van der Waals surface area (Å²) >= 11 is 6.13. The van der Waals surface area contributed by atoms with Crippen LogP contribution in [0.4, 0.5) is 5.82 Å². The Balaban J connectivity index is 3.12. The lowest BCUT2D eigenvalue weighted by atomic mass is 10.2. The van der Waals surface area contributed by atoms with E-state index in [4.69, 9.17) is 11.6 Å². The average Bonchev–Trinajstić information content (AvgIpc) is 2.45. The lowest BCUT2D eigenvalue weighted by Crippen LogP contribution is -2.11. The van der Waals surface area contributed by atoms with Crippen LogP contribution in [0.1, 0.15) is 38.4 Å². The lowest BCUT2D eigenvalue weighted by molar-refractivity contribution is 0.432. The third kappa shape index (κ3) is 1.87. The monoisotopic (exact) mass is 215 g/mol. The van der Waals surface area contributed by atoms with Crippen molar-refractivity contribution in [2.45, 2.75) is 39.7 Å². The molecule has 0 aliphatic heterocycles. The molecule has 0 fully saturated rings. The van der Waals surface area contributed by atoms with Crippen LogP contribution in [0.5, 0.6) is 0 Å². The largest absolute Gasteiger partial charge is 0.372 e. The van der Waals surface area contributed by atoms with Crippen molar-refractivity contribution in [1.29, 1.82) is 0 Å². The van der Waals surface area contributed by atoms with Crippen LogP contribution in [0.15, 0.2) is 0 Å². The van der Waals surface area contributed by atoms with Gasteiger partial charge < -0.3 is 5.32 Å². The summed E-state index contributed by atoms with van der Waals surface area (Å²) in [5.41, 5.74) is 0.892. The van der Waals surface area contributed by atoms with Crippen LogP contribution in [0, 0.1) is 6.92 Å². The maximum absolute atomic E-state index is 6.13. The van der Waals surface area contributed by atoms with Gasteiger partial charge in [0.1, 0.15) is 10.8 Å². The molecule has 0 amide bonds. The smallest absolute Gasteiger partial charge is 0.143 e. The number of nitrogens with one attached hydrogen (secondary N) is 1. The molecule has 0 radical (unpaired) electrons. The molecule has 1 aromatic rings. The van der Waals surface area contributed by atoms with E-state index in [0.717, 1.165) is 29.4 Å². The van der Waals surface area contributed by atoms with Crippen LogP contribution in [0.3, 0.4) is 0 Å². The van der Waals surface area contributed by atoms with Gasteiger partial charge in [0, 0.05) is 7.05 Å². The zero-order chi connectivity index (χ0) is 10.7. The van der Waals surface area contributed by atoms with Crippen molar-refractivity contribution in [2.75, 3.05) is 12.4 Å². The van der Waals surface area contributed by atoms with Gasteiger partial charge in [-0.25, -0.2) is 4.68 Å². The molecule has 80 valence electrons. The summed E-state index contributed by atoms with van der Waals surface area (Å²) in [4.78, 5) is 0. The van der Waals surface area contributed by atoms with E-state index in [2.05, 4.69) is 24.3 Å². The first-order valence-electron chi connectivity index (χ1n) is 5.08. The second kappa shape index (κ2) is 4.69. The molecule has 1 heterocycles. The number of aryl methyl sites for hydroxylation is 1.